The zero-order chi connectivity index (χ0) is 42.9. The Kier molecular flexibility index (Phi) is 9.51. The number of anilines is 6. The van der Waals surface area contributed by atoms with E-state index in [0.29, 0.717) is 0 Å². The van der Waals surface area contributed by atoms with E-state index in [1.54, 1.807) is 0 Å². The molecular weight excluding hydrogens is 757 g/mol. The van der Waals surface area contributed by atoms with E-state index < -0.39 is 0 Å². The van der Waals surface area contributed by atoms with Crippen LogP contribution in [0.5, 0.6) is 0 Å². The van der Waals surface area contributed by atoms with Crippen molar-refractivity contribution in [3.63, 3.8) is 0 Å². The Hall–Kier alpha value is -6.79. The third-order valence-electron chi connectivity index (χ3n) is 12.9. The summed E-state index contributed by atoms with van der Waals surface area (Å²) in [5.41, 5.74) is 15.7. The zero-order valence-electron chi connectivity index (χ0n) is 37.3. The van der Waals surface area contributed by atoms with Crippen molar-refractivity contribution >= 4 is 55.9 Å². The average molecular weight is 813 g/mol. The molecule has 2 aliphatic rings. The maximum Gasteiger partial charge on any atom is 0.137 e. The SMILES string of the molecule is CC1=C(N2c3ccccc3CCc3ccccc32)N(C)CN1c1cccc(N(c2cc(C(C)(C)C)cc(C(C)(C)C)c2)c2ccc3c4ccccc4n(-c4ccccn4)c3c2)c1. The van der Waals surface area contributed by atoms with Gasteiger partial charge in [-0.05, 0) is 126 Å². The molecule has 0 aliphatic carbocycles. The summed E-state index contributed by atoms with van der Waals surface area (Å²) in [6.45, 7) is 16.9. The fourth-order valence-corrected chi connectivity index (χ4v) is 9.58. The van der Waals surface area contributed by atoms with Gasteiger partial charge >= 0.3 is 0 Å². The summed E-state index contributed by atoms with van der Waals surface area (Å²) in [5.74, 6) is 2.11. The monoisotopic (exact) mass is 812 g/mol. The van der Waals surface area contributed by atoms with E-state index in [0.717, 1.165) is 59.1 Å². The van der Waals surface area contributed by atoms with Crippen LogP contribution in [0.2, 0.25) is 0 Å². The number of hydrogen-bond donors (Lipinski definition) is 0. The number of pyridine rings is 1. The highest BCUT2D eigenvalue weighted by Gasteiger charge is 2.34. The molecule has 0 N–H and O–H groups in total. The lowest BCUT2D eigenvalue weighted by Gasteiger charge is -2.32. The first kappa shape index (κ1) is 39.4. The molecule has 0 spiro atoms. The molecule has 0 unspecified atom stereocenters. The second-order valence-electron chi connectivity index (χ2n) is 19.1. The van der Waals surface area contributed by atoms with Gasteiger partial charge in [0.1, 0.15) is 11.6 Å². The third kappa shape index (κ3) is 6.78. The fourth-order valence-electron chi connectivity index (χ4n) is 9.58. The number of para-hydroxylation sites is 3. The van der Waals surface area contributed by atoms with Crippen LogP contribution in [0.15, 0.2) is 169 Å². The van der Waals surface area contributed by atoms with Crippen molar-refractivity contribution in [1.82, 2.24) is 14.5 Å². The summed E-state index contributed by atoms with van der Waals surface area (Å²) in [5, 5.41) is 2.41. The number of aryl methyl sites for hydroxylation is 2. The highest BCUT2D eigenvalue weighted by atomic mass is 15.5. The maximum absolute atomic E-state index is 4.86. The molecule has 0 radical (unpaired) electrons. The van der Waals surface area contributed by atoms with Gasteiger partial charge in [0.25, 0.3) is 0 Å². The molecule has 6 aromatic carbocycles. The lowest BCUT2D eigenvalue weighted by atomic mass is 9.80. The lowest BCUT2D eigenvalue weighted by Crippen LogP contribution is -2.29. The van der Waals surface area contributed by atoms with E-state index in [4.69, 9.17) is 4.98 Å². The Bertz CT molecular complexity index is 2940. The Balaban J connectivity index is 1.17. The summed E-state index contributed by atoms with van der Waals surface area (Å²) in [6.07, 6.45) is 3.91. The molecule has 0 bridgehead atoms. The molecule has 6 heteroatoms. The number of benzene rings is 6. The molecule has 2 aromatic heterocycles. The van der Waals surface area contributed by atoms with Gasteiger partial charge in [-0.2, -0.15) is 0 Å². The van der Waals surface area contributed by atoms with Crippen molar-refractivity contribution in [2.45, 2.75) is 72.1 Å². The minimum Gasteiger partial charge on any atom is -0.341 e. The van der Waals surface area contributed by atoms with Gasteiger partial charge in [0.05, 0.1) is 34.8 Å². The number of hydrogen-bond acceptors (Lipinski definition) is 5. The predicted molar refractivity (Wildman–Crippen MR) is 261 cm³/mol. The van der Waals surface area contributed by atoms with Gasteiger partial charge in [-0.25, -0.2) is 4.98 Å². The lowest BCUT2D eigenvalue weighted by molar-refractivity contribution is 0.451. The van der Waals surface area contributed by atoms with E-state index in [1.807, 2.05) is 12.3 Å². The summed E-state index contributed by atoms with van der Waals surface area (Å²) in [6, 6.07) is 56.0. The topological polar surface area (TPSA) is 30.8 Å². The number of rotatable bonds is 6. The fraction of sp³-hybridized carbons (Fsp3) is 0.232. The summed E-state index contributed by atoms with van der Waals surface area (Å²) in [4.78, 5) is 14.7. The second kappa shape index (κ2) is 15.0. The van der Waals surface area contributed by atoms with Crippen molar-refractivity contribution in [3.8, 4) is 5.82 Å². The van der Waals surface area contributed by atoms with Crippen LogP contribution in [0.25, 0.3) is 27.6 Å². The predicted octanol–water partition coefficient (Wildman–Crippen LogP) is 14.1. The van der Waals surface area contributed by atoms with Gasteiger partial charge in [-0.1, -0.05) is 120 Å². The normalized spacial score (nSPS) is 14.4. The van der Waals surface area contributed by atoms with Crippen molar-refractivity contribution in [2.75, 3.05) is 28.4 Å². The first-order valence-corrected chi connectivity index (χ1v) is 22.0. The van der Waals surface area contributed by atoms with E-state index in [2.05, 4.69) is 225 Å². The molecule has 0 amide bonds. The first-order chi connectivity index (χ1) is 29.8. The Morgan fingerprint density at radius 1 is 0.548 bits per heavy atom. The largest absolute Gasteiger partial charge is 0.341 e. The van der Waals surface area contributed by atoms with Gasteiger partial charge in [0, 0.05) is 46.8 Å². The maximum atomic E-state index is 4.86. The van der Waals surface area contributed by atoms with E-state index in [9.17, 15) is 0 Å². The van der Waals surface area contributed by atoms with Crippen LogP contribution in [-0.4, -0.2) is 28.2 Å². The molecule has 0 saturated heterocycles. The second-order valence-corrected chi connectivity index (χ2v) is 19.1. The van der Waals surface area contributed by atoms with Crippen LogP contribution < -0.4 is 14.7 Å². The van der Waals surface area contributed by atoms with E-state index >= 15 is 0 Å². The van der Waals surface area contributed by atoms with Crippen molar-refractivity contribution in [3.05, 3.63) is 192 Å². The van der Waals surface area contributed by atoms with Crippen LogP contribution in [-0.2, 0) is 23.7 Å². The molecule has 6 nitrogen and oxygen atoms in total. The van der Waals surface area contributed by atoms with Crippen LogP contribution in [0.3, 0.4) is 0 Å². The van der Waals surface area contributed by atoms with Crippen LogP contribution >= 0.6 is 0 Å². The smallest absolute Gasteiger partial charge is 0.137 e. The molecular formula is C56H56N6. The molecule has 8 aromatic rings. The van der Waals surface area contributed by atoms with Gasteiger partial charge in [0.15, 0.2) is 0 Å². The van der Waals surface area contributed by atoms with Gasteiger partial charge < -0.3 is 14.7 Å². The van der Waals surface area contributed by atoms with Crippen molar-refractivity contribution < 1.29 is 0 Å². The minimum absolute atomic E-state index is 0.0537. The minimum atomic E-state index is -0.0537. The Morgan fingerprint density at radius 2 is 1.16 bits per heavy atom. The molecule has 62 heavy (non-hydrogen) atoms. The van der Waals surface area contributed by atoms with Crippen LogP contribution in [0.1, 0.15) is 70.7 Å². The van der Waals surface area contributed by atoms with Gasteiger partial charge in [-0.3, -0.25) is 9.47 Å². The number of allylic oxidation sites excluding steroid dienone is 1. The van der Waals surface area contributed by atoms with Gasteiger partial charge in [-0.15, -0.1) is 0 Å². The molecule has 0 saturated carbocycles. The molecule has 10 rings (SSSR count). The molecule has 0 atom stereocenters. The highest BCUT2D eigenvalue weighted by Crippen LogP contribution is 2.46. The van der Waals surface area contributed by atoms with Gasteiger partial charge in [0.2, 0.25) is 0 Å². The molecule has 4 heterocycles. The van der Waals surface area contributed by atoms with E-state index in [-0.39, 0.29) is 10.8 Å². The summed E-state index contributed by atoms with van der Waals surface area (Å²) < 4.78 is 2.31. The molecule has 310 valence electrons. The van der Waals surface area contributed by atoms with Crippen molar-refractivity contribution in [1.29, 1.82) is 0 Å². The number of aromatic nitrogens is 2. The Labute approximate surface area is 367 Å². The number of nitrogens with zero attached hydrogens (tertiary/aromatic N) is 6. The molecule has 0 fully saturated rings. The summed E-state index contributed by atoms with van der Waals surface area (Å²) in [7, 11) is 2.23. The standard InChI is InChI=1S/C56H56N6/c1-38-54(62-49-23-12-9-18-39(49)27-28-40-19-10-13-24-50(40)62)58(8)37-59(38)43-20-17-21-44(35-43)60(46-33-41(55(2,3)4)32-42(34-46)56(5,6)7)45-29-30-48-47-22-11-14-25-51(47)61(52(48)36-45)53-26-15-16-31-57-53/h9-26,29-36H,27-28,37H2,1-8H3. The van der Waals surface area contributed by atoms with Crippen LogP contribution in [0, 0.1) is 0 Å². The zero-order valence-corrected chi connectivity index (χ0v) is 37.3. The molecule has 2 aliphatic heterocycles. The quantitative estimate of drug-likeness (QED) is 0.167. The highest BCUT2D eigenvalue weighted by molar-refractivity contribution is 6.10. The van der Waals surface area contributed by atoms with Crippen LogP contribution in [0.4, 0.5) is 34.1 Å². The van der Waals surface area contributed by atoms with Crippen molar-refractivity contribution in [2.24, 2.45) is 0 Å². The number of fused-ring (bicyclic) bond motifs is 5. The summed E-state index contributed by atoms with van der Waals surface area (Å²) >= 11 is 0. The average Bonchev–Trinajstić information content (AvgIpc) is 3.69. The first-order valence-electron chi connectivity index (χ1n) is 22.0. The van der Waals surface area contributed by atoms with E-state index in [1.165, 1.54) is 55.9 Å². The Morgan fingerprint density at radius 3 is 1.82 bits per heavy atom. The third-order valence-corrected chi connectivity index (χ3v) is 12.9.